The van der Waals surface area contributed by atoms with E-state index in [1.807, 2.05) is 0 Å². The van der Waals surface area contributed by atoms with Crippen molar-refractivity contribution in [2.45, 2.75) is 0 Å². The second-order valence-electron chi connectivity index (χ2n) is 2.23. The molecule has 0 amide bonds. The second-order valence-corrected chi connectivity index (χ2v) is 3.08. The summed E-state index contributed by atoms with van der Waals surface area (Å²) < 4.78 is 0. The molecule has 0 saturated heterocycles. The minimum atomic E-state index is -0.468. The molecule has 0 bridgehead atoms. The fourth-order valence-corrected chi connectivity index (χ4v) is 1.31. The van der Waals surface area contributed by atoms with Gasteiger partial charge in [-0.2, -0.15) is 0 Å². The summed E-state index contributed by atoms with van der Waals surface area (Å²) in [6, 6.07) is 4.45. The first kappa shape index (κ1) is 10.0. The van der Waals surface area contributed by atoms with Crippen LogP contribution in [0.4, 0.5) is 0 Å². The van der Waals surface area contributed by atoms with Crippen LogP contribution in [0.2, 0.25) is 10.0 Å². The van der Waals surface area contributed by atoms with Crippen LogP contribution in [0.1, 0.15) is 10.4 Å². The van der Waals surface area contributed by atoms with Crippen LogP contribution in [0.15, 0.2) is 23.4 Å². The molecular formula is C8H5Cl2NO2. The molecule has 3 nitrogen and oxygen atoms in total. The van der Waals surface area contributed by atoms with E-state index < -0.39 is 5.78 Å². The Morgan fingerprint density at radius 2 is 2.15 bits per heavy atom. The zero-order valence-electron chi connectivity index (χ0n) is 6.37. The van der Waals surface area contributed by atoms with E-state index in [2.05, 4.69) is 5.16 Å². The van der Waals surface area contributed by atoms with Gasteiger partial charge in [-0.15, -0.1) is 0 Å². The highest BCUT2D eigenvalue weighted by Gasteiger charge is 2.07. The number of benzene rings is 1. The lowest BCUT2D eigenvalue weighted by atomic mass is 10.1. The third-order valence-electron chi connectivity index (χ3n) is 1.37. The van der Waals surface area contributed by atoms with Gasteiger partial charge in [0.1, 0.15) is 6.21 Å². The lowest BCUT2D eigenvalue weighted by Gasteiger charge is -1.98. The number of ketones is 1. The first-order valence-corrected chi connectivity index (χ1v) is 4.07. The van der Waals surface area contributed by atoms with E-state index in [0.717, 1.165) is 6.21 Å². The zero-order chi connectivity index (χ0) is 9.84. The minimum Gasteiger partial charge on any atom is -0.411 e. The van der Waals surface area contributed by atoms with Gasteiger partial charge in [-0.25, -0.2) is 0 Å². The molecule has 1 rings (SSSR count). The Hall–Kier alpha value is -1.06. The normalized spacial score (nSPS) is 10.6. The summed E-state index contributed by atoms with van der Waals surface area (Å²) in [5.41, 5.74) is 0.254. The van der Waals surface area contributed by atoms with Crippen molar-refractivity contribution in [3.8, 4) is 0 Å². The number of hydrogen-bond acceptors (Lipinski definition) is 3. The summed E-state index contributed by atoms with van der Waals surface area (Å²) >= 11 is 11.3. The van der Waals surface area contributed by atoms with Gasteiger partial charge >= 0.3 is 0 Å². The van der Waals surface area contributed by atoms with Crippen LogP contribution in [-0.2, 0) is 0 Å². The number of oxime groups is 1. The van der Waals surface area contributed by atoms with Gasteiger partial charge in [0.15, 0.2) is 0 Å². The van der Waals surface area contributed by atoms with Crippen molar-refractivity contribution >= 4 is 35.2 Å². The van der Waals surface area contributed by atoms with Gasteiger partial charge in [-0.05, 0) is 18.2 Å². The largest absolute Gasteiger partial charge is 0.411 e. The van der Waals surface area contributed by atoms with E-state index in [-0.39, 0.29) is 10.6 Å². The average molecular weight is 218 g/mol. The monoisotopic (exact) mass is 217 g/mol. The molecule has 0 radical (unpaired) electrons. The molecule has 0 aliphatic carbocycles. The van der Waals surface area contributed by atoms with Crippen molar-refractivity contribution in [3.05, 3.63) is 33.8 Å². The lowest BCUT2D eigenvalue weighted by Crippen LogP contribution is -2.00. The number of carbonyl (C=O) groups excluding carboxylic acids is 1. The first-order chi connectivity index (χ1) is 6.15. The molecule has 5 heteroatoms. The zero-order valence-corrected chi connectivity index (χ0v) is 7.88. The highest BCUT2D eigenvalue weighted by atomic mass is 35.5. The maximum atomic E-state index is 11.1. The van der Waals surface area contributed by atoms with Crippen LogP contribution in [0.25, 0.3) is 0 Å². The summed E-state index contributed by atoms with van der Waals surface area (Å²) in [7, 11) is 0. The lowest BCUT2D eigenvalue weighted by molar-refractivity contribution is 0.106. The van der Waals surface area contributed by atoms with Gasteiger partial charge in [0, 0.05) is 10.6 Å². The smallest absolute Gasteiger partial charge is 0.208 e. The minimum absolute atomic E-state index is 0.234. The van der Waals surface area contributed by atoms with Crippen LogP contribution in [0.5, 0.6) is 0 Å². The van der Waals surface area contributed by atoms with Gasteiger partial charge in [-0.1, -0.05) is 28.4 Å². The van der Waals surface area contributed by atoms with Crippen molar-refractivity contribution in [1.29, 1.82) is 0 Å². The maximum Gasteiger partial charge on any atom is 0.208 e. The van der Waals surface area contributed by atoms with Gasteiger partial charge < -0.3 is 5.21 Å². The van der Waals surface area contributed by atoms with E-state index in [1.54, 1.807) is 0 Å². The number of halogens is 2. The fraction of sp³-hybridized carbons (Fsp3) is 0. The van der Waals surface area contributed by atoms with Crippen molar-refractivity contribution in [3.63, 3.8) is 0 Å². The Morgan fingerprint density at radius 1 is 1.46 bits per heavy atom. The van der Waals surface area contributed by atoms with E-state index in [0.29, 0.717) is 5.02 Å². The quantitative estimate of drug-likeness (QED) is 0.359. The summed E-state index contributed by atoms with van der Waals surface area (Å²) in [6.07, 6.45) is 0.773. The number of Topliss-reactive ketones (excluding diaryl/α,β-unsaturated/α-hetero) is 1. The second kappa shape index (κ2) is 4.25. The van der Waals surface area contributed by atoms with Gasteiger partial charge in [0.25, 0.3) is 0 Å². The SMILES string of the molecule is O=C(/C=N\O)c1ccc(Cl)cc1Cl. The molecule has 0 heterocycles. The van der Waals surface area contributed by atoms with E-state index in [1.165, 1.54) is 18.2 Å². The number of hydrogen-bond donors (Lipinski definition) is 1. The van der Waals surface area contributed by atoms with Crippen molar-refractivity contribution < 1.29 is 10.0 Å². The third kappa shape index (κ3) is 2.44. The molecule has 0 aliphatic heterocycles. The summed E-state index contributed by atoms with van der Waals surface area (Å²) in [4.78, 5) is 11.1. The highest BCUT2D eigenvalue weighted by molar-refractivity contribution is 6.43. The van der Waals surface area contributed by atoms with Crippen LogP contribution in [-0.4, -0.2) is 17.2 Å². The predicted molar refractivity (Wildman–Crippen MR) is 51.1 cm³/mol. The Kier molecular flexibility index (Phi) is 3.28. The average Bonchev–Trinajstić information content (AvgIpc) is 2.04. The molecule has 0 spiro atoms. The molecule has 0 fully saturated rings. The molecule has 1 aromatic rings. The Bertz CT molecular complexity index is 363. The van der Waals surface area contributed by atoms with E-state index >= 15 is 0 Å². The molecule has 13 heavy (non-hydrogen) atoms. The molecule has 1 N–H and O–H groups in total. The molecule has 68 valence electrons. The Morgan fingerprint density at radius 3 is 2.69 bits per heavy atom. The molecule has 0 saturated carbocycles. The van der Waals surface area contributed by atoms with Crippen molar-refractivity contribution in [2.75, 3.05) is 0 Å². The summed E-state index contributed by atoms with van der Waals surface area (Å²) in [6.45, 7) is 0. The van der Waals surface area contributed by atoms with Gasteiger partial charge in [0.2, 0.25) is 5.78 Å². The number of carbonyl (C=O) groups is 1. The summed E-state index contributed by atoms with van der Waals surface area (Å²) in [5.74, 6) is -0.468. The van der Waals surface area contributed by atoms with Crippen LogP contribution in [0, 0.1) is 0 Å². The summed E-state index contributed by atoms with van der Waals surface area (Å²) in [5, 5.41) is 11.4. The fourth-order valence-electron chi connectivity index (χ4n) is 0.811. The third-order valence-corrected chi connectivity index (χ3v) is 1.92. The van der Waals surface area contributed by atoms with E-state index in [4.69, 9.17) is 28.4 Å². The molecule has 0 atom stereocenters. The topological polar surface area (TPSA) is 49.7 Å². The molecule has 1 aromatic carbocycles. The maximum absolute atomic E-state index is 11.1. The highest BCUT2D eigenvalue weighted by Crippen LogP contribution is 2.20. The number of rotatable bonds is 2. The Labute approximate surface area is 84.6 Å². The molecule has 0 aromatic heterocycles. The van der Waals surface area contributed by atoms with Crippen LogP contribution >= 0.6 is 23.2 Å². The van der Waals surface area contributed by atoms with Crippen LogP contribution in [0.3, 0.4) is 0 Å². The van der Waals surface area contributed by atoms with E-state index in [9.17, 15) is 4.79 Å². The molecule has 0 aliphatic rings. The Balaban J connectivity index is 3.09. The van der Waals surface area contributed by atoms with Crippen molar-refractivity contribution in [2.24, 2.45) is 5.16 Å². The molecular weight excluding hydrogens is 213 g/mol. The first-order valence-electron chi connectivity index (χ1n) is 3.32. The van der Waals surface area contributed by atoms with Gasteiger partial charge in [0.05, 0.1) is 5.02 Å². The van der Waals surface area contributed by atoms with Gasteiger partial charge in [-0.3, -0.25) is 4.79 Å². The molecule has 0 unspecified atom stereocenters. The standard InChI is InChI=1S/C8H5Cl2NO2/c9-5-1-2-6(7(10)3-5)8(12)4-11-13/h1-4,13H/b11-4-. The predicted octanol–water partition coefficient (Wildman–Crippen LogP) is 2.64. The van der Waals surface area contributed by atoms with Crippen molar-refractivity contribution in [1.82, 2.24) is 0 Å². The van der Waals surface area contributed by atoms with Crippen LogP contribution < -0.4 is 0 Å². The number of nitrogens with zero attached hydrogens (tertiary/aromatic N) is 1.